The van der Waals surface area contributed by atoms with E-state index in [2.05, 4.69) is 17.7 Å². The number of carbonyl (C=O) groups is 1. The van der Waals surface area contributed by atoms with E-state index in [0.717, 1.165) is 22.6 Å². The van der Waals surface area contributed by atoms with Crippen molar-refractivity contribution in [1.29, 1.82) is 0 Å². The summed E-state index contributed by atoms with van der Waals surface area (Å²) in [6.45, 7) is 3.69. The average molecular weight is 271 g/mol. The fourth-order valence-corrected chi connectivity index (χ4v) is 3.43. The molecule has 2 aromatic heterocycles. The Morgan fingerprint density at radius 1 is 1.30 bits per heavy atom. The van der Waals surface area contributed by atoms with E-state index in [1.54, 1.807) is 13.2 Å². The molecular weight excluding hydrogens is 250 g/mol. The van der Waals surface area contributed by atoms with E-state index in [9.17, 15) is 4.79 Å². The van der Waals surface area contributed by atoms with Crippen LogP contribution in [0.25, 0.3) is 11.3 Å². The van der Waals surface area contributed by atoms with Crippen LogP contribution < -0.4 is 0 Å². The van der Waals surface area contributed by atoms with Crippen molar-refractivity contribution in [1.82, 2.24) is 4.57 Å². The monoisotopic (exact) mass is 271 g/mol. The van der Waals surface area contributed by atoms with Crippen LogP contribution in [0.2, 0.25) is 0 Å². The Labute approximate surface area is 119 Å². The van der Waals surface area contributed by atoms with Crippen molar-refractivity contribution in [3.8, 4) is 11.3 Å². The first-order valence-corrected chi connectivity index (χ1v) is 7.44. The van der Waals surface area contributed by atoms with Gasteiger partial charge in [-0.15, -0.1) is 0 Å². The number of nitrogens with zero attached hydrogens (tertiary/aromatic N) is 1. The van der Waals surface area contributed by atoms with Crippen molar-refractivity contribution in [3.05, 3.63) is 35.9 Å². The Morgan fingerprint density at radius 2 is 2.05 bits per heavy atom. The number of hydrogen-bond acceptors (Lipinski definition) is 2. The molecule has 0 bridgehead atoms. The van der Waals surface area contributed by atoms with Gasteiger partial charge in [0.05, 0.1) is 6.26 Å². The van der Waals surface area contributed by atoms with Gasteiger partial charge in [0, 0.05) is 29.1 Å². The van der Waals surface area contributed by atoms with Crippen molar-refractivity contribution < 1.29 is 9.21 Å². The van der Waals surface area contributed by atoms with Crippen LogP contribution in [0, 0.1) is 6.92 Å². The van der Waals surface area contributed by atoms with Gasteiger partial charge in [-0.05, 0) is 38.8 Å². The van der Waals surface area contributed by atoms with Crippen molar-refractivity contribution in [2.24, 2.45) is 0 Å². The lowest BCUT2D eigenvalue weighted by Crippen LogP contribution is -2.13. The van der Waals surface area contributed by atoms with E-state index in [0.29, 0.717) is 6.04 Å². The summed E-state index contributed by atoms with van der Waals surface area (Å²) >= 11 is 0. The Balaban J connectivity index is 2.08. The molecule has 0 amide bonds. The van der Waals surface area contributed by atoms with Gasteiger partial charge in [0.15, 0.2) is 5.78 Å². The minimum Gasteiger partial charge on any atom is -0.464 e. The van der Waals surface area contributed by atoms with Crippen LogP contribution in [0.15, 0.2) is 29.0 Å². The van der Waals surface area contributed by atoms with Crippen LogP contribution in [0.1, 0.15) is 61.1 Å². The first-order valence-electron chi connectivity index (χ1n) is 7.44. The smallest absolute Gasteiger partial charge is 0.162 e. The zero-order valence-electron chi connectivity index (χ0n) is 12.2. The third-order valence-corrected chi connectivity index (χ3v) is 4.39. The summed E-state index contributed by atoms with van der Waals surface area (Å²) in [5.74, 6) is 0.899. The number of aromatic nitrogens is 1. The Hall–Kier alpha value is -1.77. The molecule has 2 aromatic rings. The summed E-state index contributed by atoms with van der Waals surface area (Å²) in [6, 6.07) is 4.32. The van der Waals surface area contributed by atoms with Gasteiger partial charge in [0.25, 0.3) is 0 Å². The molecular formula is C17H21NO2. The van der Waals surface area contributed by atoms with Gasteiger partial charge >= 0.3 is 0 Å². The average Bonchev–Trinajstić information content (AvgIpc) is 3.06. The molecule has 0 N–H and O–H groups in total. The predicted molar refractivity (Wildman–Crippen MR) is 79.0 cm³/mol. The molecule has 3 nitrogen and oxygen atoms in total. The molecule has 1 aliphatic rings. The van der Waals surface area contributed by atoms with Gasteiger partial charge in [-0.1, -0.05) is 19.3 Å². The maximum absolute atomic E-state index is 12.0. The van der Waals surface area contributed by atoms with Crippen LogP contribution in [-0.4, -0.2) is 10.4 Å². The lowest BCUT2D eigenvalue weighted by Gasteiger charge is -2.24. The minimum absolute atomic E-state index is 0.114. The van der Waals surface area contributed by atoms with Crippen LogP contribution >= 0.6 is 0 Å². The molecule has 106 valence electrons. The van der Waals surface area contributed by atoms with Gasteiger partial charge in [-0.2, -0.15) is 0 Å². The molecule has 0 atom stereocenters. The van der Waals surface area contributed by atoms with Crippen LogP contribution in [0.5, 0.6) is 0 Å². The summed E-state index contributed by atoms with van der Waals surface area (Å²) in [6.07, 6.45) is 10.1. The van der Waals surface area contributed by atoms with E-state index in [4.69, 9.17) is 4.42 Å². The summed E-state index contributed by atoms with van der Waals surface area (Å²) in [7, 11) is 0. The SMILES string of the molecule is CC(=O)c1c(-c2ccco2)cn(C2CCCCC2)c1C. The standard InChI is InChI=1S/C17H21NO2/c1-12-17(13(2)19)15(16-9-6-10-20-16)11-18(12)14-7-4-3-5-8-14/h6,9-11,14H,3-5,7-8H2,1-2H3. The summed E-state index contributed by atoms with van der Waals surface area (Å²) in [5, 5.41) is 0. The second-order valence-corrected chi connectivity index (χ2v) is 5.74. The number of furan rings is 1. The highest BCUT2D eigenvalue weighted by atomic mass is 16.3. The molecule has 0 spiro atoms. The van der Waals surface area contributed by atoms with E-state index in [1.165, 1.54) is 32.1 Å². The van der Waals surface area contributed by atoms with Gasteiger partial charge in [-0.3, -0.25) is 4.79 Å². The molecule has 1 aliphatic carbocycles. The molecule has 0 aliphatic heterocycles. The number of hydrogen-bond donors (Lipinski definition) is 0. The zero-order chi connectivity index (χ0) is 14.1. The van der Waals surface area contributed by atoms with Gasteiger partial charge in [0.2, 0.25) is 0 Å². The molecule has 1 fully saturated rings. The number of carbonyl (C=O) groups excluding carboxylic acids is 1. The zero-order valence-corrected chi connectivity index (χ0v) is 12.2. The number of rotatable bonds is 3. The lowest BCUT2D eigenvalue weighted by molar-refractivity contribution is 0.101. The minimum atomic E-state index is 0.114. The fraction of sp³-hybridized carbons (Fsp3) is 0.471. The molecule has 0 saturated heterocycles. The molecule has 0 unspecified atom stereocenters. The third kappa shape index (κ3) is 2.21. The number of ketones is 1. The molecule has 1 saturated carbocycles. The van der Waals surface area contributed by atoms with Crippen molar-refractivity contribution >= 4 is 5.78 Å². The summed E-state index contributed by atoms with van der Waals surface area (Å²) in [4.78, 5) is 12.0. The van der Waals surface area contributed by atoms with Crippen molar-refractivity contribution in [2.45, 2.75) is 52.0 Å². The molecule has 3 rings (SSSR count). The third-order valence-electron chi connectivity index (χ3n) is 4.39. The molecule has 3 heteroatoms. The van der Waals surface area contributed by atoms with E-state index < -0.39 is 0 Å². The maximum atomic E-state index is 12.0. The normalized spacial score (nSPS) is 16.5. The highest BCUT2D eigenvalue weighted by Gasteiger charge is 2.24. The Bertz CT molecular complexity index is 601. The largest absolute Gasteiger partial charge is 0.464 e. The maximum Gasteiger partial charge on any atom is 0.162 e. The Kier molecular flexibility index (Phi) is 3.51. The van der Waals surface area contributed by atoms with Crippen LogP contribution in [0.4, 0.5) is 0 Å². The second kappa shape index (κ2) is 5.31. The van der Waals surface area contributed by atoms with Gasteiger partial charge in [-0.25, -0.2) is 0 Å². The molecule has 0 aromatic carbocycles. The van der Waals surface area contributed by atoms with Gasteiger partial charge in [0.1, 0.15) is 5.76 Å². The lowest BCUT2D eigenvalue weighted by atomic mass is 9.95. The first kappa shape index (κ1) is 13.2. The summed E-state index contributed by atoms with van der Waals surface area (Å²) < 4.78 is 7.80. The van der Waals surface area contributed by atoms with E-state index in [1.807, 2.05) is 12.1 Å². The highest BCUT2D eigenvalue weighted by molar-refractivity contribution is 6.01. The van der Waals surface area contributed by atoms with Crippen LogP contribution in [-0.2, 0) is 0 Å². The molecule has 20 heavy (non-hydrogen) atoms. The van der Waals surface area contributed by atoms with Crippen LogP contribution in [0.3, 0.4) is 0 Å². The summed E-state index contributed by atoms with van der Waals surface area (Å²) in [5.41, 5.74) is 2.83. The highest BCUT2D eigenvalue weighted by Crippen LogP contribution is 2.35. The van der Waals surface area contributed by atoms with E-state index >= 15 is 0 Å². The van der Waals surface area contributed by atoms with Crippen molar-refractivity contribution in [2.75, 3.05) is 0 Å². The second-order valence-electron chi connectivity index (χ2n) is 5.74. The fourth-order valence-electron chi connectivity index (χ4n) is 3.43. The number of Topliss-reactive ketones (excluding diaryl/α,β-unsaturated/α-hetero) is 1. The van der Waals surface area contributed by atoms with E-state index in [-0.39, 0.29) is 5.78 Å². The topological polar surface area (TPSA) is 35.1 Å². The first-order chi connectivity index (χ1) is 9.68. The van der Waals surface area contributed by atoms with Crippen molar-refractivity contribution in [3.63, 3.8) is 0 Å². The Morgan fingerprint density at radius 3 is 2.65 bits per heavy atom. The molecule has 2 heterocycles. The predicted octanol–water partition coefficient (Wildman–Crippen LogP) is 4.76. The molecule has 0 radical (unpaired) electrons. The quantitative estimate of drug-likeness (QED) is 0.754. The van der Waals surface area contributed by atoms with Gasteiger partial charge < -0.3 is 8.98 Å².